The molecule has 2 rings (SSSR count). The number of anilines is 1. The molecule has 1 aliphatic heterocycles. The Kier molecular flexibility index (Phi) is 3.76. The predicted molar refractivity (Wildman–Crippen MR) is 71.4 cm³/mol. The van der Waals surface area contributed by atoms with Crippen molar-refractivity contribution in [1.29, 1.82) is 0 Å². The van der Waals surface area contributed by atoms with Crippen LogP contribution in [0.3, 0.4) is 0 Å². The van der Waals surface area contributed by atoms with Crippen LogP contribution in [-0.2, 0) is 22.8 Å². The van der Waals surface area contributed by atoms with Crippen LogP contribution in [0.2, 0.25) is 0 Å². The van der Waals surface area contributed by atoms with Gasteiger partial charge >= 0.3 is 0 Å². The number of aryl methyl sites for hydroxylation is 1. The molecule has 0 aromatic carbocycles. The van der Waals surface area contributed by atoms with Gasteiger partial charge in [0.2, 0.25) is 0 Å². The van der Waals surface area contributed by atoms with Gasteiger partial charge in [0.1, 0.15) is 12.1 Å². The molecule has 17 heavy (non-hydrogen) atoms. The molecular formula is C12H19N3OS. The van der Waals surface area contributed by atoms with E-state index in [2.05, 4.69) is 28.8 Å². The van der Waals surface area contributed by atoms with Crippen LogP contribution in [-0.4, -0.2) is 30.2 Å². The SMILES string of the molecule is CC(C=O)CCn1nc2c(c1N(C)C)CSC2. The number of fused-ring (bicyclic) bond motifs is 1. The number of aldehydes is 1. The molecule has 1 aromatic heterocycles. The van der Waals surface area contributed by atoms with Crippen LogP contribution < -0.4 is 4.90 Å². The summed E-state index contributed by atoms with van der Waals surface area (Å²) in [5.74, 6) is 3.40. The molecule has 0 aliphatic carbocycles. The highest BCUT2D eigenvalue weighted by Gasteiger charge is 2.23. The molecule has 0 spiro atoms. The Bertz CT molecular complexity index is 414. The van der Waals surface area contributed by atoms with Gasteiger partial charge in [-0.1, -0.05) is 6.92 Å². The summed E-state index contributed by atoms with van der Waals surface area (Å²) in [5.41, 5.74) is 2.59. The van der Waals surface area contributed by atoms with Gasteiger partial charge in [-0.2, -0.15) is 16.9 Å². The van der Waals surface area contributed by atoms with Crippen molar-refractivity contribution in [2.45, 2.75) is 31.4 Å². The number of hydrogen-bond donors (Lipinski definition) is 0. The molecule has 94 valence electrons. The highest BCUT2D eigenvalue weighted by molar-refractivity contribution is 7.98. The molecule has 1 atom stereocenters. The van der Waals surface area contributed by atoms with Crippen molar-refractivity contribution >= 4 is 23.9 Å². The fourth-order valence-electron chi connectivity index (χ4n) is 2.10. The normalized spacial score (nSPS) is 15.7. The van der Waals surface area contributed by atoms with Gasteiger partial charge in [-0.25, -0.2) is 4.68 Å². The summed E-state index contributed by atoms with van der Waals surface area (Å²) in [4.78, 5) is 12.8. The van der Waals surface area contributed by atoms with E-state index in [1.54, 1.807) is 0 Å². The molecule has 0 bridgehead atoms. The molecule has 1 aliphatic rings. The van der Waals surface area contributed by atoms with E-state index in [1.165, 1.54) is 17.1 Å². The van der Waals surface area contributed by atoms with E-state index in [4.69, 9.17) is 0 Å². The minimum Gasteiger partial charge on any atom is -0.363 e. The fourth-order valence-corrected chi connectivity index (χ4v) is 3.13. The van der Waals surface area contributed by atoms with Crippen LogP contribution in [0.25, 0.3) is 0 Å². The maximum atomic E-state index is 10.6. The third-order valence-corrected chi connectivity index (χ3v) is 4.01. The average Bonchev–Trinajstić information content (AvgIpc) is 2.84. The topological polar surface area (TPSA) is 38.1 Å². The second kappa shape index (κ2) is 5.12. The van der Waals surface area contributed by atoms with Crippen molar-refractivity contribution in [3.8, 4) is 0 Å². The van der Waals surface area contributed by atoms with E-state index in [1.807, 2.05) is 18.7 Å². The van der Waals surface area contributed by atoms with Gasteiger partial charge in [-0.15, -0.1) is 0 Å². The largest absolute Gasteiger partial charge is 0.363 e. The van der Waals surface area contributed by atoms with Gasteiger partial charge in [0.25, 0.3) is 0 Å². The van der Waals surface area contributed by atoms with Crippen molar-refractivity contribution in [3.05, 3.63) is 11.3 Å². The molecule has 1 aromatic rings. The lowest BCUT2D eigenvalue weighted by atomic mass is 10.1. The van der Waals surface area contributed by atoms with Crippen LogP contribution in [0.5, 0.6) is 0 Å². The van der Waals surface area contributed by atoms with Crippen LogP contribution in [0.4, 0.5) is 5.82 Å². The molecular weight excluding hydrogens is 234 g/mol. The van der Waals surface area contributed by atoms with Gasteiger partial charge in [0.15, 0.2) is 0 Å². The number of carbonyl (C=O) groups is 1. The first-order valence-corrected chi connectivity index (χ1v) is 7.08. The van der Waals surface area contributed by atoms with Gasteiger partial charge < -0.3 is 9.69 Å². The molecule has 0 amide bonds. The maximum Gasteiger partial charge on any atom is 0.130 e. The van der Waals surface area contributed by atoms with Gasteiger partial charge in [0.05, 0.1) is 5.69 Å². The Morgan fingerprint density at radius 2 is 2.29 bits per heavy atom. The highest BCUT2D eigenvalue weighted by Crippen LogP contribution is 2.35. The molecule has 0 saturated heterocycles. The lowest BCUT2D eigenvalue weighted by Gasteiger charge is -2.17. The van der Waals surface area contributed by atoms with E-state index in [-0.39, 0.29) is 5.92 Å². The molecule has 5 heteroatoms. The third kappa shape index (κ3) is 2.49. The highest BCUT2D eigenvalue weighted by atomic mass is 32.2. The van der Waals surface area contributed by atoms with Crippen molar-refractivity contribution in [2.75, 3.05) is 19.0 Å². The number of thioether (sulfide) groups is 1. The molecule has 0 radical (unpaired) electrons. The number of rotatable bonds is 5. The van der Waals surface area contributed by atoms with E-state index in [0.29, 0.717) is 0 Å². The van der Waals surface area contributed by atoms with Crippen LogP contribution in [0, 0.1) is 5.92 Å². The first-order chi connectivity index (χ1) is 8.13. The summed E-state index contributed by atoms with van der Waals surface area (Å²) >= 11 is 1.92. The van der Waals surface area contributed by atoms with Gasteiger partial charge in [-0.05, 0) is 6.42 Å². The average molecular weight is 253 g/mol. The molecule has 0 fully saturated rings. The molecule has 2 heterocycles. The standard InChI is InChI=1S/C12H19N3OS/c1-9(6-16)4-5-15-12(14(2)3)10-7-17-8-11(10)13-15/h6,9H,4-5,7-8H2,1-3H3. The van der Waals surface area contributed by atoms with E-state index < -0.39 is 0 Å². The Morgan fingerprint density at radius 1 is 1.53 bits per heavy atom. The van der Waals surface area contributed by atoms with Crippen molar-refractivity contribution in [2.24, 2.45) is 5.92 Å². The molecule has 1 unspecified atom stereocenters. The summed E-state index contributed by atoms with van der Waals surface area (Å²) in [6.07, 6.45) is 1.88. The van der Waals surface area contributed by atoms with E-state index in [9.17, 15) is 4.79 Å². The van der Waals surface area contributed by atoms with Crippen molar-refractivity contribution in [1.82, 2.24) is 9.78 Å². The van der Waals surface area contributed by atoms with Crippen LogP contribution in [0.1, 0.15) is 24.6 Å². The van der Waals surface area contributed by atoms with Crippen molar-refractivity contribution < 1.29 is 4.79 Å². The first-order valence-electron chi connectivity index (χ1n) is 5.92. The lowest BCUT2D eigenvalue weighted by molar-refractivity contribution is -0.110. The summed E-state index contributed by atoms with van der Waals surface area (Å²) < 4.78 is 2.06. The van der Waals surface area contributed by atoms with Gasteiger partial charge in [-0.3, -0.25) is 0 Å². The number of carbonyl (C=O) groups excluding carboxylic acids is 1. The quantitative estimate of drug-likeness (QED) is 0.751. The monoisotopic (exact) mass is 253 g/mol. The lowest BCUT2D eigenvalue weighted by Crippen LogP contribution is -2.17. The van der Waals surface area contributed by atoms with Crippen LogP contribution in [0.15, 0.2) is 0 Å². The fraction of sp³-hybridized carbons (Fsp3) is 0.667. The zero-order valence-electron chi connectivity index (χ0n) is 10.6. The van der Waals surface area contributed by atoms with Crippen LogP contribution >= 0.6 is 11.8 Å². The minimum atomic E-state index is 0.110. The second-order valence-electron chi connectivity index (χ2n) is 4.76. The first kappa shape index (κ1) is 12.5. The Hall–Kier alpha value is -0.970. The summed E-state index contributed by atoms with van der Waals surface area (Å²) in [5, 5.41) is 4.66. The maximum absolute atomic E-state index is 10.6. The van der Waals surface area contributed by atoms with Gasteiger partial charge in [0, 0.05) is 43.6 Å². The Balaban J connectivity index is 2.19. The van der Waals surface area contributed by atoms with E-state index >= 15 is 0 Å². The molecule has 0 saturated carbocycles. The number of aromatic nitrogens is 2. The number of nitrogens with zero attached hydrogens (tertiary/aromatic N) is 3. The summed E-state index contributed by atoms with van der Waals surface area (Å²) in [7, 11) is 4.11. The second-order valence-corrected chi connectivity index (χ2v) is 5.75. The van der Waals surface area contributed by atoms with Crippen molar-refractivity contribution in [3.63, 3.8) is 0 Å². The molecule has 4 nitrogen and oxygen atoms in total. The summed E-state index contributed by atoms with van der Waals surface area (Å²) in [6.45, 7) is 2.78. The zero-order chi connectivity index (χ0) is 12.4. The summed E-state index contributed by atoms with van der Waals surface area (Å²) in [6, 6.07) is 0. The smallest absolute Gasteiger partial charge is 0.130 e. The third-order valence-electron chi connectivity index (χ3n) is 3.04. The number of hydrogen-bond acceptors (Lipinski definition) is 4. The molecule has 0 N–H and O–H groups in total. The van der Waals surface area contributed by atoms with E-state index in [0.717, 1.165) is 30.8 Å². The minimum absolute atomic E-state index is 0.110. The zero-order valence-corrected chi connectivity index (χ0v) is 11.5. The Morgan fingerprint density at radius 3 is 2.94 bits per heavy atom. The predicted octanol–water partition coefficient (Wildman–Crippen LogP) is 1.92. The Labute approximate surface area is 106 Å².